The number of nitrogens with zero attached hydrogens (tertiary/aromatic N) is 1. The maximum Gasteiger partial charge on any atom is 0.228 e. The predicted molar refractivity (Wildman–Crippen MR) is 85.8 cm³/mol. The molecule has 1 amide bonds. The summed E-state index contributed by atoms with van der Waals surface area (Å²) in [6.07, 6.45) is 5.01. The van der Waals surface area contributed by atoms with Gasteiger partial charge in [-0.1, -0.05) is 56.3 Å². The number of amides is 1. The number of rotatable bonds is 6. The number of carbonyl (C=O) groups excluding carboxylic acids is 1. The number of hydrogen-bond donors (Lipinski definition) is 0. The number of hydrogen-bond acceptors (Lipinski definition) is 2. The summed E-state index contributed by atoms with van der Waals surface area (Å²) in [5.41, 5.74) is 1.17. The summed E-state index contributed by atoms with van der Waals surface area (Å²) < 4.78 is 5.34. The van der Waals surface area contributed by atoms with Crippen LogP contribution in [0, 0.1) is 11.8 Å². The van der Waals surface area contributed by atoms with Crippen molar-refractivity contribution in [3.05, 3.63) is 42.0 Å². The first-order valence-corrected chi connectivity index (χ1v) is 7.75. The first-order chi connectivity index (χ1) is 10.2. The second kappa shape index (κ2) is 7.99. The molecule has 114 valence electrons. The van der Waals surface area contributed by atoms with Gasteiger partial charge in [0, 0.05) is 19.7 Å². The number of benzene rings is 1. The zero-order chi connectivity index (χ0) is 15.1. The minimum atomic E-state index is 0.0499. The lowest BCUT2D eigenvalue weighted by Crippen LogP contribution is -2.39. The van der Waals surface area contributed by atoms with E-state index in [-0.39, 0.29) is 11.8 Å². The molecule has 0 spiro atoms. The number of ether oxygens (including phenoxy) is 1. The van der Waals surface area contributed by atoms with Crippen LogP contribution in [-0.4, -0.2) is 37.1 Å². The molecular formula is C18H25NO2. The second-order valence-corrected chi connectivity index (χ2v) is 6.01. The van der Waals surface area contributed by atoms with E-state index in [4.69, 9.17) is 4.74 Å². The first kappa shape index (κ1) is 15.8. The molecule has 1 atom stereocenters. The van der Waals surface area contributed by atoms with E-state index in [0.29, 0.717) is 25.7 Å². The van der Waals surface area contributed by atoms with E-state index in [1.807, 2.05) is 23.1 Å². The van der Waals surface area contributed by atoms with Crippen molar-refractivity contribution >= 4 is 12.0 Å². The van der Waals surface area contributed by atoms with Gasteiger partial charge in [0.2, 0.25) is 5.91 Å². The topological polar surface area (TPSA) is 29.5 Å². The van der Waals surface area contributed by atoms with Gasteiger partial charge >= 0.3 is 0 Å². The van der Waals surface area contributed by atoms with E-state index in [1.54, 1.807) is 0 Å². The van der Waals surface area contributed by atoms with Crippen LogP contribution in [0.2, 0.25) is 0 Å². The number of carbonyl (C=O) groups is 1. The maximum atomic E-state index is 12.5. The Labute approximate surface area is 127 Å². The molecule has 0 saturated carbocycles. The highest BCUT2D eigenvalue weighted by Gasteiger charge is 2.27. The third-order valence-corrected chi connectivity index (χ3v) is 3.61. The fourth-order valence-electron chi connectivity index (χ4n) is 2.56. The third-order valence-electron chi connectivity index (χ3n) is 3.61. The molecule has 3 heteroatoms. The molecule has 3 nitrogen and oxygen atoms in total. The van der Waals surface area contributed by atoms with Gasteiger partial charge in [-0.3, -0.25) is 4.79 Å². The zero-order valence-corrected chi connectivity index (χ0v) is 13.0. The van der Waals surface area contributed by atoms with Gasteiger partial charge in [0.1, 0.15) is 0 Å². The Bertz CT molecular complexity index is 461. The molecule has 0 aliphatic carbocycles. The Kier molecular flexibility index (Phi) is 6.00. The molecule has 1 heterocycles. The lowest BCUT2D eigenvalue weighted by Gasteiger charge is -2.25. The first-order valence-electron chi connectivity index (χ1n) is 7.75. The van der Waals surface area contributed by atoms with Crippen molar-refractivity contribution in [3.63, 3.8) is 0 Å². The fourth-order valence-corrected chi connectivity index (χ4v) is 2.56. The van der Waals surface area contributed by atoms with Crippen LogP contribution >= 0.6 is 0 Å². The van der Waals surface area contributed by atoms with Crippen molar-refractivity contribution in [2.75, 3.05) is 26.3 Å². The summed E-state index contributed by atoms with van der Waals surface area (Å²) >= 11 is 0. The van der Waals surface area contributed by atoms with Gasteiger partial charge in [-0.05, 0) is 17.9 Å². The highest BCUT2D eigenvalue weighted by molar-refractivity contribution is 5.79. The van der Waals surface area contributed by atoms with E-state index in [0.717, 1.165) is 13.0 Å². The molecule has 1 aromatic carbocycles. The predicted octanol–water partition coefficient (Wildman–Crippen LogP) is 3.22. The van der Waals surface area contributed by atoms with Gasteiger partial charge in [-0.25, -0.2) is 0 Å². The Morgan fingerprint density at radius 2 is 2.14 bits per heavy atom. The average molecular weight is 287 g/mol. The van der Waals surface area contributed by atoms with E-state index in [2.05, 4.69) is 38.1 Å². The zero-order valence-electron chi connectivity index (χ0n) is 13.0. The molecule has 0 aromatic heterocycles. The van der Waals surface area contributed by atoms with Crippen molar-refractivity contribution in [3.8, 4) is 0 Å². The summed E-state index contributed by atoms with van der Waals surface area (Å²) in [5.74, 6) is 0.759. The normalized spacial score (nSPS) is 18.5. The molecule has 21 heavy (non-hydrogen) atoms. The largest absolute Gasteiger partial charge is 0.381 e. The minimum absolute atomic E-state index is 0.0499. The smallest absolute Gasteiger partial charge is 0.228 e. The van der Waals surface area contributed by atoms with Crippen LogP contribution in [0.5, 0.6) is 0 Å². The second-order valence-electron chi connectivity index (χ2n) is 6.01. The Balaban J connectivity index is 1.95. The van der Waals surface area contributed by atoms with Gasteiger partial charge in [0.05, 0.1) is 12.5 Å². The van der Waals surface area contributed by atoms with Crippen molar-refractivity contribution < 1.29 is 9.53 Å². The van der Waals surface area contributed by atoms with E-state index >= 15 is 0 Å². The maximum absolute atomic E-state index is 12.5. The minimum Gasteiger partial charge on any atom is -0.381 e. The molecule has 0 unspecified atom stereocenters. The molecular weight excluding hydrogens is 262 g/mol. The summed E-state index contributed by atoms with van der Waals surface area (Å²) in [6.45, 7) is 7.05. The molecule has 1 aromatic rings. The Hall–Kier alpha value is -1.61. The highest BCUT2D eigenvalue weighted by Crippen LogP contribution is 2.16. The molecule has 0 radical (unpaired) electrons. The molecule has 1 fully saturated rings. The summed E-state index contributed by atoms with van der Waals surface area (Å²) in [5, 5.41) is 0. The van der Waals surface area contributed by atoms with Gasteiger partial charge in [0.25, 0.3) is 0 Å². The van der Waals surface area contributed by atoms with Crippen LogP contribution in [0.1, 0.15) is 25.8 Å². The summed E-state index contributed by atoms with van der Waals surface area (Å²) in [4.78, 5) is 14.5. The molecule has 1 aliphatic heterocycles. The van der Waals surface area contributed by atoms with Gasteiger partial charge in [0.15, 0.2) is 0 Å². The molecule has 0 bridgehead atoms. The highest BCUT2D eigenvalue weighted by atomic mass is 16.5. The van der Waals surface area contributed by atoms with Crippen LogP contribution in [-0.2, 0) is 9.53 Å². The molecule has 1 aliphatic rings. The molecule has 0 N–H and O–H groups in total. The lowest BCUT2D eigenvalue weighted by molar-refractivity contribution is -0.135. The van der Waals surface area contributed by atoms with Crippen molar-refractivity contribution in [1.82, 2.24) is 4.90 Å². The summed E-state index contributed by atoms with van der Waals surface area (Å²) in [7, 11) is 0. The van der Waals surface area contributed by atoms with E-state index in [1.165, 1.54) is 5.56 Å². The van der Waals surface area contributed by atoms with Gasteiger partial charge in [-0.15, -0.1) is 0 Å². The van der Waals surface area contributed by atoms with Gasteiger partial charge in [-0.2, -0.15) is 0 Å². The Morgan fingerprint density at radius 3 is 2.76 bits per heavy atom. The van der Waals surface area contributed by atoms with E-state index < -0.39 is 0 Å². The standard InChI is InChI=1S/C18H25NO2/c1-15(2)13-19(18(20)17-10-12-21-14-17)11-6-9-16-7-4-3-5-8-16/h3-9,15,17H,10-14H2,1-2H3/b9-6+/t17-/m1/s1. The monoisotopic (exact) mass is 287 g/mol. The fraction of sp³-hybridized carbons (Fsp3) is 0.500. The molecule has 1 saturated heterocycles. The van der Waals surface area contributed by atoms with Crippen molar-refractivity contribution in [2.24, 2.45) is 11.8 Å². The van der Waals surface area contributed by atoms with Crippen LogP contribution in [0.25, 0.3) is 6.08 Å². The van der Waals surface area contributed by atoms with E-state index in [9.17, 15) is 4.79 Å². The quantitative estimate of drug-likeness (QED) is 0.804. The molecule has 2 rings (SSSR count). The van der Waals surface area contributed by atoms with Crippen LogP contribution in [0.4, 0.5) is 0 Å². The summed E-state index contributed by atoms with van der Waals surface area (Å²) in [6, 6.07) is 10.2. The third kappa shape index (κ3) is 5.01. The Morgan fingerprint density at radius 1 is 1.38 bits per heavy atom. The van der Waals surface area contributed by atoms with Crippen LogP contribution in [0.15, 0.2) is 36.4 Å². The lowest BCUT2D eigenvalue weighted by atomic mass is 10.1. The van der Waals surface area contributed by atoms with Crippen LogP contribution < -0.4 is 0 Å². The van der Waals surface area contributed by atoms with Crippen molar-refractivity contribution in [2.45, 2.75) is 20.3 Å². The van der Waals surface area contributed by atoms with Crippen molar-refractivity contribution in [1.29, 1.82) is 0 Å². The SMILES string of the molecule is CC(C)CN(C/C=C/c1ccccc1)C(=O)[C@@H]1CCOC1. The van der Waals surface area contributed by atoms with Crippen LogP contribution in [0.3, 0.4) is 0 Å². The van der Waals surface area contributed by atoms with Gasteiger partial charge < -0.3 is 9.64 Å². The average Bonchev–Trinajstić information content (AvgIpc) is 3.00.